The van der Waals surface area contributed by atoms with Crippen molar-refractivity contribution in [2.24, 2.45) is 0 Å². The van der Waals surface area contributed by atoms with Crippen LogP contribution in [0.1, 0.15) is 5.56 Å². The molecule has 2 aromatic rings. The van der Waals surface area contributed by atoms with Gasteiger partial charge in [0.05, 0.1) is 5.02 Å². The van der Waals surface area contributed by atoms with Crippen LogP contribution in [0.15, 0.2) is 42.6 Å². The number of nitrogens with one attached hydrogen (secondary N) is 1. The molecule has 7 nitrogen and oxygen atoms in total. The molecule has 1 aromatic carbocycles. The van der Waals surface area contributed by atoms with Gasteiger partial charge in [-0.3, -0.25) is 4.79 Å². The first-order valence-electron chi connectivity index (χ1n) is 7.26. The molecule has 0 saturated heterocycles. The molecule has 1 aliphatic heterocycles. The summed E-state index contributed by atoms with van der Waals surface area (Å²) in [4.78, 5) is 27.3. The van der Waals surface area contributed by atoms with Crippen LogP contribution in [0.2, 0.25) is 5.02 Å². The number of ether oxygens (including phenoxy) is 3. The van der Waals surface area contributed by atoms with E-state index < -0.39 is 18.5 Å². The van der Waals surface area contributed by atoms with Crippen LogP contribution in [0, 0.1) is 0 Å². The lowest BCUT2D eigenvalue weighted by Gasteiger charge is -2.04. The fourth-order valence-electron chi connectivity index (χ4n) is 1.99. The molecule has 0 fully saturated rings. The van der Waals surface area contributed by atoms with E-state index in [2.05, 4.69) is 10.3 Å². The maximum absolute atomic E-state index is 11.7. The van der Waals surface area contributed by atoms with Gasteiger partial charge in [-0.15, -0.1) is 0 Å². The summed E-state index contributed by atoms with van der Waals surface area (Å²) in [5.74, 6) is 0.454. The number of pyridine rings is 1. The van der Waals surface area contributed by atoms with E-state index in [1.807, 2.05) is 0 Å². The van der Waals surface area contributed by atoms with Crippen LogP contribution >= 0.6 is 11.6 Å². The lowest BCUT2D eigenvalue weighted by atomic mass is 10.2. The molecule has 1 N–H and O–H groups in total. The van der Waals surface area contributed by atoms with Crippen molar-refractivity contribution in [3.63, 3.8) is 0 Å². The van der Waals surface area contributed by atoms with E-state index in [-0.39, 0.29) is 6.79 Å². The molecule has 0 aliphatic carbocycles. The summed E-state index contributed by atoms with van der Waals surface area (Å²) in [6.07, 6.45) is 4.19. The van der Waals surface area contributed by atoms with Gasteiger partial charge in [0.15, 0.2) is 18.1 Å². The number of carbonyl (C=O) groups is 2. The van der Waals surface area contributed by atoms with Crippen molar-refractivity contribution < 1.29 is 23.8 Å². The molecule has 0 saturated carbocycles. The normalized spacial score (nSPS) is 12.2. The third kappa shape index (κ3) is 4.71. The SMILES string of the molecule is O=C(COC(=O)C=Cc1ccc2c(c1)OCO2)Nc1ccc(Cl)cn1. The van der Waals surface area contributed by atoms with Gasteiger partial charge in [0.1, 0.15) is 5.82 Å². The first kappa shape index (κ1) is 16.8. The Balaban J connectivity index is 1.47. The number of hydrogen-bond acceptors (Lipinski definition) is 6. The topological polar surface area (TPSA) is 86.8 Å². The molecule has 0 bridgehead atoms. The summed E-state index contributed by atoms with van der Waals surface area (Å²) >= 11 is 5.70. The van der Waals surface area contributed by atoms with E-state index in [9.17, 15) is 9.59 Å². The average molecular weight is 361 g/mol. The minimum Gasteiger partial charge on any atom is -0.454 e. The zero-order valence-corrected chi connectivity index (χ0v) is 13.7. The van der Waals surface area contributed by atoms with Crippen molar-refractivity contribution in [2.75, 3.05) is 18.7 Å². The van der Waals surface area contributed by atoms with E-state index in [1.165, 1.54) is 12.3 Å². The Kier molecular flexibility index (Phi) is 5.15. The molecule has 1 aliphatic rings. The predicted octanol–water partition coefficient (Wildman–Crippen LogP) is 2.66. The van der Waals surface area contributed by atoms with Gasteiger partial charge in [0.25, 0.3) is 5.91 Å². The van der Waals surface area contributed by atoms with Gasteiger partial charge >= 0.3 is 5.97 Å². The van der Waals surface area contributed by atoms with Crippen LogP contribution in [0.5, 0.6) is 11.5 Å². The van der Waals surface area contributed by atoms with Gasteiger partial charge in [-0.05, 0) is 35.9 Å². The number of anilines is 1. The molecule has 8 heteroatoms. The fraction of sp³-hybridized carbons (Fsp3) is 0.118. The summed E-state index contributed by atoms with van der Waals surface area (Å²) in [5, 5.41) is 2.94. The van der Waals surface area contributed by atoms with Gasteiger partial charge in [0.2, 0.25) is 6.79 Å². The van der Waals surface area contributed by atoms with E-state index in [0.29, 0.717) is 22.3 Å². The van der Waals surface area contributed by atoms with E-state index >= 15 is 0 Å². The molecule has 0 unspecified atom stereocenters. The van der Waals surface area contributed by atoms with E-state index in [0.717, 1.165) is 5.56 Å². The minimum atomic E-state index is -0.642. The Hall–Kier alpha value is -3.06. The molecular formula is C17H13ClN2O5. The van der Waals surface area contributed by atoms with Gasteiger partial charge in [0, 0.05) is 12.3 Å². The molecule has 0 radical (unpaired) electrons. The van der Waals surface area contributed by atoms with Crippen LogP contribution in [0.25, 0.3) is 6.08 Å². The zero-order valence-electron chi connectivity index (χ0n) is 12.9. The second kappa shape index (κ2) is 7.67. The molecule has 1 aromatic heterocycles. The first-order valence-corrected chi connectivity index (χ1v) is 7.64. The smallest absolute Gasteiger partial charge is 0.331 e. The lowest BCUT2D eigenvalue weighted by molar-refractivity contribution is -0.142. The summed E-state index contributed by atoms with van der Waals surface area (Å²) in [6.45, 7) is -0.239. The van der Waals surface area contributed by atoms with Crippen LogP contribution in [-0.4, -0.2) is 30.3 Å². The summed E-state index contributed by atoms with van der Waals surface area (Å²) in [6, 6.07) is 8.40. The number of fused-ring (bicyclic) bond motifs is 1. The monoisotopic (exact) mass is 360 g/mol. The Bertz CT molecular complexity index is 820. The molecule has 0 spiro atoms. The highest BCUT2D eigenvalue weighted by molar-refractivity contribution is 6.30. The molecule has 2 heterocycles. The second-order valence-corrected chi connectivity index (χ2v) is 5.40. The molecule has 1 amide bonds. The van der Waals surface area contributed by atoms with Crippen molar-refractivity contribution in [3.05, 3.63) is 53.2 Å². The molecule has 0 atom stereocenters. The molecule has 3 rings (SSSR count). The van der Waals surface area contributed by atoms with Crippen LogP contribution in [0.4, 0.5) is 5.82 Å². The number of halogens is 1. The molecule has 128 valence electrons. The van der Waals surface area contributed by atoms with Crippen LogP contribution in [-0.2, 0) is 14.3 Å². The largest absolute Gasteiger partial charge is 0.454 e. The van der Waals surface area contributed by atoms with Crippen molar-refractivity contribution in [1.29, 1.82) is 0 Å². The number of rotatable bonds is 5. The van der Waals surface area contributed by atoms with Gasteiger partial charge < -0.3 is 19.5 Å². The van der Waals surface area contributed by atoms with Gasteiger partial charge in [-0.2, -0.15) is 0 Å². The van der Waals surface area contributed by atoms with E-state index in [4.69, 9.17) is 25.8 Å². The van der Waals surface area contributed by atoms with Crippen molar-refractivity contribution in [2.45, 2.75) is 0 Å². The maximum atomic E-state index is 11.7. The number of esters is 1. The van der Waals surface area contributed by atoms with Crippen molar-refractivity contribution in [1.82, 2.24) is 4.98 Å². The molecule has 25 heavy (non-hydrogen) atoms. The Labute approximate surface area is 148 Å². The van der Waals surface area contributed by atoms with Crippen LogP contribution in [0.3, 0.4) is 0 Å². The Morgan fingerprint density at radius 2 is 2.08 bits per heavy atom. The number of amides is 1. The number of hydrogen-bond donors (Lipinski definition) is 1. The summed E-state index contributed by atoms with van der Waals surface area (Å²) in [5.41, 5.74) is 0.746. The number of aromatic nitrogens is 1. The summed E-state index contributed by atoms with van der Waals surface area (Å²) in [7, 11) is 0. The first-order chi connectivity index (χ1) is 12.1. The summed E-state index contributed by atoms with van der Waals surface area (Å²) < 4.78 is 15.3. The molecular weight excluding hydrogens is 348 g/mol. The highest BCUT2D eigenvalue weighted by Gasteiger charge is 2.12. The second-order valence-electron chi connectivity index (χ2n) is 4.96. The van der Waals surface area contributed by atoms with Crippen LogP contribution < -0.4 is 14.8 Å². The average Bonchev–Trinajstić information content (AvgIpc) is 3.08. The van der Waals surface area contributed by atoms with Crippen molar-refractivity contribution >= 4 is 35.4 Å². The standard InChI is InChI=1S/C17H13ClN2O5/c18-12-3-5-15(19-8-12)20-16(21)9-23-17(22)6-2-11-1-4-13-14(7-11)25-10-24-13/h1-8H,9-10H2,(H,19,20,21). The quantitative estimate of drug-likeness (QED) is 0.651. The van der Waals surface area contributed by atoms with E-state index in [1.54, 1.807) is 36.4 Å². The number of nitrogens with zero attached hydrogens (tertiary/aromatic N) is 1. The maximum Gasteiger partial charge on any atom is 0.331 e. The number of carbonyl (C=O) groups excluding carboxylic acids is 2. The number of benzene rings is 1. The fourth-order valence-corrected chi connectivity index (χ4v) is 2.11. The minimum absolute atomic E-state index is 0.183. The lowest BCUT2D eigenvalue weighted by Crippen LogP contribution is -2.20. The van der Waals surface area contributed by atoms with Gasteiger partial charge in [-0.25, -0.2) is 9.78 Å². The third-order valence-corrected chi connectivity index (χ3v) is 3.37. The highest BCUT2D eigenvalue weighted by atomic mass is 35.5. The van der Waals surface area contributed by atoms with Crippen molar-refractivity contribution in [3.8, 4) is 11.5 Å². The predicted molar refractivity (Wildman–Crippen MR) is 90.4 cm³/mol. The van der Waals surface area contributed by atoms with Gasteiger partial charge in [-0.1, -0.05) is 17.7 Å². The zero-order chi connectivity index (χ0) is 17.6. The Morgan fingerprint density at radius 1 is 1.24 bits per heavy atom. The third-order valence-electron chi connectivity index (χ3n) is 3.15. The highest BCUT2D eigenvalue weighted by Crippen LogP contribution is 2.32. The Morgan fingerprint density at radius 3 is 2.88 bits per heavy atom.